The van der Waals surface area contributed by atoms with Crippen LogP contribution >= 0.6 is 45.2 Å². The fourth-order valence-corrected chi connectivity index (χ4v) is 1.85. The molecule has 5 heteroatoms. The Bertz CT molecular complexity index is 234. The Balaban J connectivity index is 3.34. The van der Waals surface area contributed by atoms with Crippen LogP contribution < -0.4 is 11.5 Å². The van der Waals surface area contributed by atoms with Gasteiger partial charge in [-0.2, -0.15) is 0 Å². The van der Waals surface area contributed by atoms with Crippen LogP contribution in [0.1, 0.15) is 0 Å². The molecule has 0 radical (unpaired) electrons. The van der Waals surface area contributed by atoms with Crippen LogP contribution in [0.2, 0.25) is 0 Å². The Kier molecular flexibility index (Phi) is 2.55. The van der Waals surface area contributed by atoms with Gasteiger partial charge >= 0.3 is 0 Å². The number of hydrogen-bond acceptors (Lipinski definition) is 3. The summed E-state index contributed by atoms with van der Waals surface area (Å²) in [6.07, 6.45) is 1.66. The van der Waals surface area contributed by atoms with Crippen LogP contribution in [0.5, 0.6) is 0 Å². The predicted molar refractivity (Wildman–Crippen MR) is 58.5 cm³/mol. The van der Waals surface area contributed by atoms with E-state index in [1.807, 2.05) is 0 Å². The fraction of sp³-hybridized carbons (Fsp3) is 0. The number of nitrogens with zero attached hydrogens (tertiary/aromatic N) is 1. The minimum atomic E-state index is 0.499. The first-order chi connectivity index (χ1) is 4.63. The quantitative estimate of drug-likeness (QED) is 0.688. The lowest BCUT2D eigenvalue weighted by Gasteiger charge is -2.01. The van der Waals surface area contributed by atoms with Gasteiger partial charge in [0.15, 0.2) is 0 Å². The van der Waals surface area contributed by atoms with E-state index in [2.05, 4.69) is 50.2 Å². The maximum Gasteiger partial charge on any atom is 0.138 e. The van der Waals surface area contributed by atoms with Gasteiger partial charge in [0.2, 0.25) is 0 Å². The highest BCUT2D eigenvalue weighted by atomic mass is 127. The molecule has 1 aromatic heterocycles. The number of rotatable bonds is 0. The van der Waals surface area contributed by atoms with E-state index in [9.17, 15) is 0 Å². The Morgan fingerprint density at radius 1 is 1.30 bits per heavy atom. The summed E-state index contributed by atoms with van der Waals surface area (Å²) in [5, 5.41) is 0. The van der Waals surface area contributed by atoms with E-state index in [4.69, 9.17) is 11.5 Å². The fourth-order valence-electron chi connectivity index (χ4n) is 0.495. The maximum absolute atomic E-state index is 5.65. The van der Waals surface area contributed by atoms with E-state index in [0.29, 0.717) is 11.5 Å². The molecule has 0 saturated carbocycles. The molecule has 0 bridgehead atoms. The van der Waals surface area contributed by atoms with Gasteiger partial charge in [0.25, 0.3) is 0 Å². The molecule has 10 heavy (non-hydrogen) atoms. The molecule has 0 aliphatic heterocycles. The lowest BCUT2D eigenvalue weighted by Crippen LogP contribution is -2.00. The molecule has 0 aromatic carbocycles. The summed E-state index contributed by atoms with van der Waals surface area (Å²) in [6, 6.07) is 0. The summed E-state index contributed by atoms with van der Waals surface area (Å²) in [6.45, 7) is 0. The summed E-state index contributed by atoms with van der Waals surface area (Å²) >= 11 is 4.20. The second-order valence-corrected chi connectivity index (χ2v) is 3.96. The number of halogens is 2. The van der Waals surface area contributed by atoms with Crippen molar-refractivity contribution in [3.8, 4) is 0 Å². The standard InChI is InChI=1S/C5H5I2N3/c6-2-1-10-5(9)3(7)4(2)8/h1H,(H4,8,9,10). The third-order valence-electron chi connectivity index (χ3n) is 1.04. The second-order valence-electron chi connectivity index (χ2n) is 1.72. The zero-order valence-corrected chi connectivity index (χ0v) is 9.25. The molecular weight excluding hydrogens is 356 g/mol. The maximum atomic E-state index is 5.65. The molecule has 0 aliphatic rings. The zero-order chi connectivity index (χ0) is 7.72. The van der Waals surface area contributed by atoms with Crippen molar-refractivity contribution in [1.82, 2.24) is 4.98 Å². The van der Waals surface area contributed by atoms with Gasteiger partial charge in [-0.25, -0.2) is 4.98 Å². The van der Waals surface area contributed by atoms with Crippen molar-refractivity contribution in [3.63, 3.8) is 0 Å². The SMILES string of the molecule is Nc1ncc(I)c(N)c1I. The molecule has 0 amide bonds. The van der Waals surface area contributed by atoms with Crippen LogP contribution in [0.25, 0.3) is 0 Å². The van der Waals surface area contributed by atoms with Crippen molar-refractivity contribution in [2.45, 2.75) is 0 Å². The number of nitrogen functional groups attached to an aromatic ring is 2. The number of nitrogens with two attached hydrogens (primary N) is 2. The third kappa shape index (κ3) is 1.44. The molecule has 0 atom stereocenters. The van der Waals surface area contributed by atoms with E-state index in [-0.39, 0.29) is 0 Å². The van der Waals surface area contributed by atoms with Crippen molar-refractivity contribution in [3.05, 3.63) is 13.3 Å². The van der Waals surface area contributed by atoms with Gasteiger partial charge in [0, 0.05) is 6.20 Å². The van der Waals surface area contributed by atoms with Crippen LogP contribution in [0.4, 0.5) is 11.5 Å². The first-order valence-corrected chi connectivity index (χ1v) is 4.63. The normalized spacial score (nSPS) is 9.80. The van der Waals surface area contributed by atoms with Crippen LogP contribution in [0, 0.1) is 7.14 Å². The summed E-state index contributed by atoms with van der Waals surface area (Å²) in [7, 11) is 0. The summed E-state index contributed by atoms with van der Waals surface area (Å²) in [5.74, 6) is 0.499. The molecule has 0 saturated heterocycles. The van der Waals surface area contributed by atoms with Crippen LogP contribution in [-0.2, 0) is 0 Å². The van der Waals surface area contributed by atoms with E-state index >= 15 is 0 Å². The van der Waals surface area contributed by atoms with Crippen LogP contribution in [0.3, 0.4) is 0 Å². The summed E-state index contributed by atoms with van der Waals surface area (Å²) in [4.78, 5) is 3.92. The highest BCUT2D eigenvalue weighted by Gasteiger charge is 2.03. The Labute approximate surface area is 85.9 Å². The highest BCUT2D eigenvalue weighted by molar-refractivity contribution is 14.1. The second kappa shape index (κ2) is 3.07. The Morgan fingerprint density at radius 2 is 1.90 bits per heavy atom. The topological polar surface area (TPSA) is 64.9 Å². The average molecular weight is 361 g/mol. The van der Waals surface area contributed by atoms with Crippen molar-refractivity contribution in [2.75, 3.05) is 11.5 Å². The predicted octanol–water partition coefficient (Wildman–Crippen LogP) is 1.46. The van der Waals surface area contributed by atoms with E-state index < -0.39 is 0 Å². The van der Waals surface area contributed by atoms with Gasteiger partial charge < -0.3 is 11.5 Å². The lowest BCUT2D eigenvalue weighted by molar-refractivity contribution is 1.30. The molecule has 1 rings (SSSR count). The molecule has 0 unspecified atom stereocenters. The number of hydrogen-bond donors (Lipinski definition) is 2. The van der Waals surface area contributed by atoms with Gasteiger partial charge in [0.05, 0.1) is 12.8 Å². The molecule has 3 nitrogen and oxygen atoms in total. The van der Waals surface area contributed by atoms with Gasteiger partial charge in [-0.3, -0.25) is 0 Å². The van der Waals surface area contributed by atoms with Crippen molar-refractivity contribution >= 4 is 56.7 Å². The van der Waals surface area contributed by atoms with Crippen LogP contribution in [0.15, 0.2) is 6.20 Å². The monoisotopic (exact) mass is 361 g/mol. The average Bonchev–Trinajstić information content (AvgIpc) is 1.93. The Morgan fingerprint density at radius 3 is 2.40 bits per heavy atom. The number of anilines is 2. The van der Waals surface area contributed by atoms with E-state index in [0.717, 1.165) is 7.14 Å². The molecule has 1 heterocycles. The highest BCUT2D eigenvalue weighted by Crippen LogP contribution is 2.23. The van der Waals surface area contributed by atoms with Crippen molar-refractivity contribution in [1.29, 1.82) is 0 Å². The van der Waals surface area contributed by atoms with Gasteiger partial charge in [0.1, 0.15) is 5.82 Å². The smallest absolute Gasteiger partial charge is 0.138 e. The zero-order valence-electron chi connectivity index (χ0n) is 4.94. The molecular formula is C5H5I2N3. The Hall–Kier alpha value is 0.210. The largest absolute Gasteiger partial charge is 0.397 e. The first kappa shape index (κ1) is 8.31. The lowest BCUT2D eigenvalue weighted by atomic mass is 10.4. The van der Waals surface area contributed by atoms with Gasteiger partial charge in [-0.15, -0.1) is 0 Å². The van der Waals surface area contributed by atoms with Crippen molar-refractivity contribution in [2.24, 2.45) is 0 Å². The minimum Gasteiger partial charge on any atom is -0.397 e. The summed E-state index contributed by atoms with van der Waals surface area (Å²) < 4.78 is 1.78. The molecule has 0 fully saturated rings. The van der Waals surface area contributed by atoms with Crippen LogP contribution in [-0.4, -0.2) is 4.98 Å². The van der Waals surface area contributed by atoms with Crippen molar-refractivity contribution < 1.29 is 0 Å². The first-order valence-electron chi connectivity index (χ1n) is 2.48. The number of pyridine rings is 1. The minimum absolute atomic E-state index is 0.499. The van der Waals surface area contributed by atoms with Gasteiger partial charge in [-0.05, 0) is 45.2 Å². The van der Waals surface area contributed by atoms with Gasteiger partial charge in [-0.1, -0.05) is 0 Å². The molecule has 0 spiro atoms. The summed E-state index contributed by atoms with van der Waals surface area (Å²) in [5.41, 5.74) is 11.9. The third-order valence-corrected chi connectivity index (χ3v) is 3.03. The molecule has 1 aromatic rings. The molecule has 54 valence electrons. The number of aromatic nitrogens is 1. The van der Waals surface area contributed by atoms with E-state index in [1.165, 1.54) is 0 Å². The van der Waals surface area contributed by atoms with E-state index in [1.54, 1.807) is 6.20 Å². The molecule has 0 aliphatic carbocycles. The molecule has 4 N–H and O–H groups in total.